The van der Waals surface area contributed by atoms with Gasteiger partial charge in [0.2, 0.25) is 0 Å². The fourth-order valence-electron chi connectivity index (χ4n) is 3.72. The van der Waals surface area contributed by atoms with Crippen LogP contribution in [0.2, 0.25) is 0 Å². The Morgan fingerprint density at radius 2 is 1.62 bits per heavy atom. The first-order valence-electron chi connectivity index (χ1n) is 9.35. The molecule has 0 spiro atoms. The molecular weight excluding hydrogens is 328 g/mol. The fourth-order valence-corrected chi connectivity index (χ4v) is 3.72. The molecule has 2 heterocycles. The number of fused-ring (bicyclic) bond motifs is 1. The van der Waals surface area contributed by atoms with Gasteiger partial charge in [0.05, 0.1) is 25.4 Å². The van der Waals surface area contributed by atoms with Crippen LogP contribution in [0, 0.1) is 5.92 Å². The summed E-state index contributed by atoms with van der Waals surface area (Å²) in [4.78, 5) is 0. The van der Waals surface area contributed by atoms with E-state index >= 15 is 0 Å². The quantitative estimate of drug-likeness (QED) is 0.828. The molecule has 2 aromatic rings. The Labute approximate surface area is 155 Å². The minimum Gasteiger partial charge on any atom is -0.370 e. The minimum absolute atomic E-state index is 0.0286. The van der Waals surface area contributed by atoms with E-state index in [9.17, 15) is 0 Å². The summed E-state index contributed by atoms with van der Waals surface area (Å²) in [7, 11) is 0. The Kier molecular flexibility index (Phi) is 5.36. The predicted molar refractivity (Wildman–Crippen MR) is 98.5 cm³/mol. The Hall–Kier alpha value is -1.72. The van der Waals surface area contributed by atoms with Crippen molar-refractivity contribution < 1.29 is 18.9 Å². The van der Waals surface area contributed by atoms with Gasteiger partial charge in [-0.3, -0.25) is 0 Å². The van der Waals surface area contributed by atoms with Crippen LogP contribution in [0.3, 0.4) is 0 Å². The van der Waals surface area contributed by atoms with E-state index in [1.54, 1.807) is 0 Å². The molecule has 26 heavy (non-hydrogen) atoms. The topological polar surface area (TPSA) is 36.9 Å². The van der Waals surface area contributed by atoms with E-state index in [4.69, 9.17) is 18.9 Å². The average Bonchev–Trinajstić information content (AvgIpc) is 2.69. The van der Waals surface area contributed by atoms with Crippen LogP contribution in [0.1, 0.15) is 31.3 Å². The number of ether oxygens (including phenoxy) is 4. The maximum atomic E-state index is 6.34. The van der Waals surface area contributed by atoms with Gasteiger partial charge < -0.3 is 18.9 Å². The lowest BCUT2D eigenvalue weighted by molar-refractivity contribution is -0.325. The lowest BCUT2D eigenvalue weighted by Crippen LogP contribution is -2.58. The van der Waals surface area contributed by atoms with Gasteiger partial charge in [-0.25, -0.2) is 0 Å². The largest absolute Gasteiger partial charge is 0.370 e. The Balaban J connectivity index is 1.50. The third-order valence-corrected chi connectivity index (χ3v) is 5.39. The number of hydrogen-bond donors (Lipinski definition) is 0. The lowest BCUT2D eigenvalue weighted by Gasteiger charge is -2.48. The number of rotatable bonds is 4. The molecule has 2 fully saturated rings. The van der Waals surface area contributed by atoms with Gasteiger partial charge in [0.25, 0.3) is 0 Å². The van der Waals surface area contributed by atoms with Crippen LogP contribution >= 0.6 is 0 Å². The van der Waals surface area contributed by atoms with Crippen molar-refractivity contribution in [2.75, 3.05) is 6.61 Å². The SMILES string of the molecule is CC1[C@H](C)OC2COC(c3ccccc3)O[C@@H]2[C@@H]1OCc1ccccc1. The van der Waals surface area contributed by atoms with Crippen LogP contribution in [0.15, 0.2) is 60.7 Å². The van der Waals surface area contributed by atoms with Crippen molar-refractivity contribution in [3.8, 4) is 0 Å². The van der Waals surface area contributed by atoms with Crippen molar-refractivity contribution in [3.63, 3.8) is 0 Å². The standard InChI is InChI=1S/C22H26O4/c1-15-16(2)25-19-14-24-22(18-11-7-4-8-12-18)26-21(19)20(15)23-13-17-9-5-3-6-10-17/h3-12,15-16,19-22H,13-14H2,1-2H3/t15?,16-,19?,20+,21-,22?/m0/s1. The molecule has 4 heteroatoms. The van der Waals surface area contributed by atoms with Crippen molar-refractivity contribution >= 4 is 0 Å². The second-order valence-electron chi connectivity index (χ2n) is 7.18. The summed E-state index contributed by atoms with van der Waals surface area (Å²) in [6.45, 7) is 5.37. The van der Waals surface area contributed by atoms with Crippen molar-refractivity contribution in [1.82, 2.24) is 0 Å². The predicted octanol–water partition coefficient (Wildman–Crippen LogP) is 4.11. The zero-order valence-corrected chi connectivity index (χ0v) is 15.3. The highest BCUT2D eigenvalue weighted by molar-refractivity contribution is 5.17. The maximum absolute atomic E-state index is 6.34. The smallest absolute Gasteiger partial charge is 0.184 e. The van der Waals surface area contributed by atoms with E-state index in [0.29, 0.717) is 13.2 Å². The Bertz CT molecular complexity index is 690. The first-order chi connectivity index (χ1) is 12.7. The van der Waals surface area contributed by atoms with Gasteiger partial charge in [0.1, 0.15) is 12.2 Å². The van der Waals surface area contributed by atoms with Crippen LogP contribution in [0.25, 0.3) is 0 Å². The normalized spacial score (nSPS) is 34.2. The summed E-state index contributed by atoms with van der Waals surface area (Å²) in [6, 6.07) is 20.3. The molecule has 4 nitrogen and oxygen atoms in total. The highest BCUT2D eigenvalue weighted by atomic mass is 16.7. The van der Waals surface area contributed by atoms with Gasteiger partial charge in [0.15, 0.2) is 6.29 Å². The van der Waals surface area contributed by atoms with E-state index in [2.05, 4.69) is 26.0 Å². The van der Waals surface area contributed by atoms with E-state index < -0.39 is 0 Å². The molecule has 2 aromatic carbocycles. The van der Waals surface area contributed by atoms with Crippen LogP contribution in [-0.4, -0.2) is 31.0 Å². The third kappa shape index (κ3) is 3.69. The van der Waals surface area contributed by atoms with Gasteiger partial charge in [-0.05, 0) is 12.5 Å². The van der Waals surface area contributed by atoms with Crippen molar-refractivity contribution in [3.05, 3.63) is 71.8 Å². The number of hydrogen-bond acceptors (Lipinski definition) is 4. The molecule has 0 saturated carbocycles. The van der Waals surface area contributed by atoms with Crippen molar-refractivity contribution in [2.45, 2.75) is 51.2 Å². The molecule has 0 aromatic heterocycles. The van der Waals surface area contributed by atoms with Gasteiger partial charge in [-0.15, -0.1) is 0 Å². The van der Waals surface area contributed by atoms with Crippen LogP contribution in [-0.2, 0) is 25.6 Å². The second-order valence-corrected chi connectivity index (χ2v) is 7.18. The molecule has 0 amide bonds. The molecule has 6 atom stereocenters. The molecule has 2 aliphatic rings. The molecule has 0 aliphatic carbocycles. The number of benzene rings is 2. The highest BCUT2D eigenvalue weighted by Gasteiger charge is 2.47. The first-order valence-corrected chi connectivity index (χ1v) is 9.35. The van der Waals surface area contributed by atoms with Crippen molar-refractivity contribution in [2.24, 2.45) is 5.92 Å². The molecule has 0 radical (unpaired) electrons. The Morgan fingerprint density at radius 3 is 2.35 bits per heavy atom. The molecule has 0 bridgehead atoms. The van der Waals surface area contributed by atoms with Crippen LogP contribution in [0.4, 0.5) is 0 Å². The Morgan fingerprint density at radius 1 is 0.923 bits per heavy atom. The summed E-state index contributed by atoms with van der Waals surface area (Å²) in [5.74, 6) is 0.245. The summed E-state index contributed by atoms with van der Waals surface area (Å²) in [5.41, 5.74) is 2.20. The lowest BCUT2D eigenvalue weighted by atomic mass is 9.88. The van der Waals surface area contributed by atoms with Gasteiger partial charge in [-0.2, -0.15) is 0 Å². The zero-order chi connectivity index (χ0) is 17.9. The molecule has 3 unspecified atom stereocenters. The maximum Gasteiger partial charge on any atom is 0.184 e. The van der Waals surface area contributed by atoms with E-state index in [0.717, 1.165) is 5.56 Å². The van der Waals surface area contributed by atoms with Gasteiger partial charge in [-0.1, -0.05) is 67.6 Å². The van der Waals surface area contributed by atoms with Crippen LogP contribution in [0.5, 0.6) is 0 Å². The molecule has 138 valence electrons. The molecule has 4 rings (SSSR count). The third-order valence-electron chi connectivity index (χ3n) is 5.39. The fraction of sp³-hybridized carbons (Fsp3) is 0.455. The van der Waals surface area contributed by atoms with Gasteiger partial charge >= 0.3 is 0 Å². The molecule has 2 saturated heterocycles. The van der Waals surface area contributed by atoms with Gasteiger partial charge in [0, 0.05) is 11.5 Å². The van der Waals surface area contributed by atoms with Crippen LogP contribution < -0.4 is 0 Å². The van der Waals surface area contributed by atoms with E-state index in [1.807, 2.05) is 48.5 Å². The van der Waals surface area contributed by atoms with Crippen molar-refractivity contribution in [1.29, 1.82) is 0 Å². The monoisotopic (exact) mass is 354 g/mol. The zero-order valence-electron chi connectivity index (χ0n) is 15.3. The summed E-state index contributed by atoms with van der Waals surface area (Å²) in [6.07, 6.45) is -0.521. The first kappa shape index (κ1) is 17.7. The molecule has 0 N–H and O–H groups in total. The molecule has 2 aliphatic heterocycles. The molecular formula is C22H26O4. The summed E-state index contributed by atoms with van der Waals surface area (Å²) < 4.78 is 24.7. The van der Waals surface area contributed by atoms with E-state index in [1.165, 1.54) is 5.56 Å². The average molecular weight is 354 g/mol. The summed E-state index contributed by atoms with van der Waals surface area (Å²) >= 11 is 0. The highest BCUT2D eigenvalue weighted by Crippen LogP contribution is 2.37. The minimum atomic E-state index is -0.371. The summed E-state index contributed by atoms with van der Waals surface area (Å²) in [5, 5.41) is 0. The second kappa shape index (κ2) is 7.89. The van der Waals surface area contributed by atoms with E-state index in [-0.39, 0.29) is 36.6 Å².